The largest absolute Gasteiger partial charge is 0.351 e. The molecule has 4 amide bonds. The van der Waals surface area contributed by atoms with Gasteiger partial charge in [0.1, 0.15) is 4.88 Å². The monoisotopic (exact) mass is 508 g/mol. The van der Waals surface area contributed by atoms with Gasteiger partial charge in [0.15, 0.2) is 5.13 Å². The number of aryl methyl sites for hydroxylation is 1. The molecule has 2 N–H and O–H groups in total. The number of amides is 4. The van der Waals surface area contributed by atoms with E-state index in [0.717, 1.165) is 29.9 Å². The van der Waals surface area contributed by atoms with Crippen molar-refractivity contribution in [3.63, 3.8) is 0 Å². The number of aromatic nitrogens is 3. The molecule has 3 aromatic rings. The molecule has 0 fully saturated rings. The zero-order chi connectivity index (χ0) is 25.9. The van der Waals surface area contributed by atoms with Gasteiger partial charge in [-0.1, -0.05) is 23.5 Å². The Bertz CT molecular complexity index is 1200. The number of hydrogen-bond donors (Lipinski definition) is 2. The molecule has 3 rings (SSSR count). The number of anilines is 1. The molecule has 11 nitrogen and oxygen atoms in total. The van der Waals surface area contributed by atoms with Crippen LogP contribution in [0.25, 0.3) is 0 Å². The summed E-state index contributed by atoms with van der Waals surface area (Å²) in [6, 6.07) is 8.49. The second-order valence-electron chi connectivity index (χ2n) is 8.08. The maximum Gasteiger partial charge on any atom is 0.324 e. The van der Waals surface area contributed by atoms with Gasteiger partial charge < -0.3 is 20.1 Å². The first-order valence-corrected chi connectivity index (χ1v) is 12.1. The van der Waals surface area contributed by atoms with Gasteiger partial charge in [-0.25, -0.2) is 14.8 Å². The average molecular weight is 509 g/mol. The van der Waals surface area contributed by atoms with E-state index < -0.39 is 6.03 Å². The topological polar surface area (TPSA) is 136 Å². The molecule has 0 saturated carbocycles. The van der Waals surface area contributed by atoms with E-state index in [0.29, 0.717) is 22.1 Å². The van der Waals surface area contributed by atoms with Crippen LogP contribution in [0.2, 0.25) is 0 Å². The molecule has 0 saturated heterocycles. The van der Waals surface area contributed by atoms with Gasteiger partial charge in [-0.3, -0.25) is 14.5 Å². The van der Waals surface area contributed by atoms with Crippen molar-refractivity contribution in [3.05, 3.63) is 65.2 Å². The zero-order valence-electron chi connectivity index (χ0n) is 20.2. The van der Waals surface area contributed by atoms with E-state index in [4.69, 9.17) is 5.26 Å². The van der Waals surface area contributed by atoms with Gasteiger partial charge in [-0.15, -0.1) is 0 Å². The van der Waals surface area contributed by atoms with Crippen LogP contribution in [-0.4, -0.2) is 64.5 Å². The molecule has 188 valence electrons. The van der Waals surface area contributed by atoms with E-state index in [1.807, 2.05) is 10.8 Å². The second kappa shape index (κ2) is 13.0. The van der Waals surface area contributed by atoms with Crippen LogP contribution in [0.4, 0.5) is 9.93 Å². The minimum absolute atomic E-state index is 0.102. The Morgan fingerprint density at radius 3 is 2.58 bits per heavy atom. The third-order valence-electron chi connectivity index (χ3n) is 5.17. The number of thiazole rings is 1. The van der Waals surface area contributed by atoms with Crippen LogP contribution >= 0.6 is 11.3 Å². The Balaban J connectivity index is 1.65. The number of nitrogens with one attached hydrogen (secondary N) is 2. The molecule has 2 aromatic heterocycles. The normalized spacial score (nSPS) is 10.4. The average Bonchev–Trinajstić information content (AvgIpc) is 3.58. The lowest BCUT2D eigenvalue weighted by atomic mass is 10.1. The van der Waals surface area contributed by atoms with Crippen LogP contribution in [0.1, 0.15) is 33.6 Å². The molecule has 0 atom stereocenters. The molecule has 12 heteroatoms. The number of nitrogens with zero attached hydrogens (tertiary/aromatic N) is 6. The van der Waals surface area contributed by atoms with E-state index in [9.17, 15) is 14.4 Å². The van der Waals surface area contributed by atoms with Gasteiger partial charge in [0.2, 0.25) is 5.91 Å². The first-order valence-electron chi connectivity index (χ1n) is 11.3. The highest BCUT2D eigenvalue weighted by Crippen LogP contribution is 2.24. The second-order valence-corrected chi connectivity index (χ2v) is 9.09. The van der Waals surface area contributed by atoms with Gasteiger partial charge in [-0.05, 0) is 24.1 Å². The van der Waals surface area contributed by atoms with Crippen LogP contribution in [0, 0.1) is 11.3 Å². The lowest BCUT2D eigenvalue weighted by Crippen LogP contribution is -2.41. The van der Waals surface area contributed by atoms with E-state index in [-0.39, 0.29) is 31.3 Å². The van der Waals surface area contributed by atoms with E-state index in [1.165, 1.54) is 16.0 Å². The Labute approximate surface area is 213 Å². The summed E-state index contributed by atoms with van der Waals surface area (Å²) >= 11 is 1.10. The lowest BCUT2D eigenvalue weighted by molar-refractivity contribution is -0.128. The highest BCUT2D eigenvalue weighted by atomic mass is 32.1. The molecule has 36 heavy (non-hydrogen) atoms. The molecule has 0 aliphatic rings. The molecule has 1 aromatic carbocycles. The zero-order valence-corrected chi connectivity index (χ0v) is 21.0. The van der Waals surface area contributed by atoms with Crippen molar-refractivity contribution in [2.24, 2.45) is 0 Å². The smallest absolute Gasteiger partial charge is 0.324 e. The maximum atomic E-state index is 13.0. The Kier molecular flexibility index (Phi) is 9.53. The third kappa shape index (κ3) is 7.64. The predicted octanol–water partition coefficient (Wildman–Crippen LogP) is 2.23. The maximum absolute atomic E-state index is 13.0. The summed E-state index contributed by atoms with van der Waals surface area (Å²) < 4.78 is 1.93. The third-order valence-corrected chi connectivity index (χ3v) is 6.19. The minimum Gasteiger partial charge on any atom is -0.351 e. The summed E-state index contributed by atoms with van der Waals surface area (Å²) in [4.78, 5) is 49.0. The highest BCUT2D eigenvalue weighted by Gasteiger charge is 2.21. The standard InChI is InChI=1S/C24H28N8O3S/c1-30(2)21(33)8-10-28-23(35)32(16-19-6-4-18(14-25)5-7-19)24-29-15-20(36-24)22(34)27-9-3-12-31-13-11-26-17-31/h4-7,11,13,15,17H,3,8-10,12,16H2,1-2H3,(H,27,34)(H,28,35). The first kappa shape index (κ1) is 26.4. The molecule has 0 radical (unpaired) electrons. The molecule has 0 bridgehead atoms. The van der Waals surface area contributed by atoms with E-state index in [2.05, 4.69) is 26.7 Å². The predicted molar refractivity (Wildman–Crippen MR) is 135 cm³/mol. The highest BCUT2D eigenvalue weighted by molar-refractivity contribution is 7.17. The lowest BCUT2D eigenvalue weighted by Gasteiger charge is -2.21. The summed E-state index contributed by atoms with van der Waals surface area (Å²) in [6.45, 7) is 1.57. The molecule has 2 heterocycles. The summed E-state index contributed by atoms with van der Waals surface area (Å²) in [6.07, 6.45) is 7.64. The number of carbonyl (C=O) groups excluding carboxylic acids is 3. The number of imidazole rings is 1. The number of nitriles is 1. The van der Waals surface area contributed by atoms with Crippen LogP contribution in [0.3, 0.4) is 0 Å². The fraction of sp³-hybridized carbons (Fsp3) is 0.333. The number of carbonyl (C=O) groups is 3. The summed E-state index contributed by atoms with van der Waals surface area (Å²) in [5, 5.41) is 15.0. The van der Waals surface area contributed by atoms with Gasteiger partial charge >= 0.3 is 6.03 Å². The number of hydrogen-bond acceptors (Lipinski definition) is 7. The van der Waals surface area contributed by atoms with Crippen molar-refractivity contribution >= 4 is 34.3 Å². The van der Waals surface area contributed by atoms with Crippen molar-refractivity contribution in [1.29, 1.82) is 5.26 Å². The molecule has 0 spiro atoms. The van der Waals surface area contributed by atoms with Gasteiger partial charge in [0.05, 0.1) is 30.7 Å². The minimum atomic E-state index is -0.437. The number of urea groups is 1. The Hall–Kier alpha value is -4.24. The fourth-order valence-electron chi connectivity index (χ4n) is 3.15. The van der Waals surface area contributed by atoms with Crippen molar-refractivity contribution < 1.29 is 14.4 Å². The Morgan fingerprint density at radius 1 is 1.14 bits per heavy atom. The molecular weight excluding hydrogens is 480 g/mol. The van der Waals surface area contributed by atoms with E-state index in [1.54, 1.807) is 50.9 Å². The Morgan fingerprint density at radius 2 is 1.92 bits per heavy atom. The summed E-state index contributed by atoms with van der Waals surface area (Å²) in [5.41, 5.74) is 1.30. The van der Waals surface area contributed by atoms with Crippen molar-refractivity contribution in [2.45, 2.75) is 25.9 Å². The fourth-order valence-corrected chi connectivity index (χ4v) is 3.98. The number of rotatable bonds is 11. The first-order chi connectivity index (χ1) is 17.4. The van der Waals surface area contributed by atoms with Crippen LogP contribution in [0.5, 0.6) is 0 Å². The van der Waals surface area contributed by atoms with Gasteiger partial charge in [0.25, 0.3) is 5.91 Å². The molecule has 0 aliphatic carbocycles. The quantitative estimate of drug-likeness (QED) is 0.381. The van der Waals surface area contributed by atoms with Crippen LogP contribution in [0.15, 0.2) is 49.2 Å². The molecule has 0 aliphatic heterocycles. The van der Waals surface area contributed by atoms with Crippen LogP contribution < -0.4 is 15.5 Å². The van der Waals surface area contributed by atoms with Crippen molar-refractivity contribution in [1.82, 2.24) is 30.1 Å². The van der Waals surface area contributed by atoms with E-state index >= 15 is 0 Å². The van der Waals surface area contributed by atoms with Crippen molar-refractivity contribution in [2.75, 3.05) is 32.1 Å². The molecule has 0 unspecified atom stereocenters. The van der Waals surface area contributed by atoms with Crippen LogP contribution in [-0.2, 0) is 17.9 Å². The number of benzene rings is 1. The van der Waals surface area contributed by atoms with Gasteiger partial charge in [-0.2, -0.15) is 5.26 Å². The summed E-state index contributed by atoms with van der Waals surface area (Å²) in [7, 11) is 3.31. The SMILES string of the molecule is CN(C)C(=O)CCNC(=O)N(Cc1ccc(C#N)cc1)c1ncc(C(=O)NCCCn2ccnc2)s1. The van der Waals surface area contributed by atoms with Gasteiger partial charge in [0, 0.05) is 52.5 Å². The summed E-state index contributed by atoms with van der Waals surface area (Å²) in [5.74, 6) is -0.366. The van der Waals surface area contributed by atoms with Crippen molar-refractivity contribution in [3.8, 4) is 6.07 Å². The molecular formula is C24H28N8O3S.